The number of aliphatic carboxylic acids is 1. The zero-order chi connectivity index (χ0) is 11.1. The fourth-order valence-corrected chi connectivity index (χ4v) is 1.18. The number of carboxylic acids is 1. The van der Waals surface area contributed by atoms with Gasteiger partial charge in [-0.1, -0.05) is 12.1 Å². The number of hydrogen-bond acceptors (Lipinski definition) is 3. The van der Waals surface area contributed by atoms with Crippen LogP contribution in [0.3, 0.4) is 0 Å². The molecule has 0 fully saturated rings. The van der Waals surface area contributed by atoms with Gasteiger partial charge in [0.05, 0.1) is 13.0 Å². The molecule has 0 spiro atoms. The molecule has 16 heavy (non-hydrogen) atoms. The summed E-state index contributed by atoms with van der Waals surface area (Å²) in [7, 11) is 0. The van der Waals surface area contributed by atoms with Crippen molar-refractivity contribution in [2.75, 3.05) is 13.2 Å². The van der Waals surface area contributed by atoms with Gasteiger partial charge in [-0.15, -0.1) is 12.4 Å². The molecular weight excluding hydrogens is 230 g/mol. The Labute approximate surface area is 101 Å². The van der Waals surface area contributed by atoms with Gasteiger partial charge in [-0.2, -0.15) is 0 Å². The molecule has 0 radical (unpaired) electrons. The molecule has 0 saturated heterocycles. The number of benzene rings is 1. The molecule has 0 atom stereocenters. The molecule has 0 aliphatic carbocycles. The van der Waals surface area contributed by atoms with E-state index in [1.165, 1.54) is 0 Å². The molecule has 0 bridgehead atoms. The predicted octanol–water partition coefficient (Wildman–Crippen LogP) is 1.46. The highest BCUT2D eigenvalue weighted by Crippen LogP contribution is 2.12. The van der Waals surface area contributed by atoms with Gasteiger partial charge < -0.3 is 15.6 Å². The lowest BCUT2D eigenvalue weighted by molar-refractivity contribution is -0.137. The highest BCUT2D eigenvalue weighted by atomic mass is 35.5. The summed E-state index contributed by atoms with van der Waals surface area (Å²) < 4.78 is 5.24. The summed E-state index contributed by atoms with van der Waals surface area (Å²) in [5.41, 5.74) is 6.57. The van der Waals surface area contributed by atoms with E-state index < -0.39 is 5.97 Å². The number of ether oxygens (including phenoxy) is 1. The molecule has 0 aliphatic rings. The van der Waals surface area contributed by atoms with E-state index in [2.05, 4.69) is 0 Å². The van der Waals surface area contributed by atoms with Crippen LogP contribution in [0.2, 0.25) is 0 Å². The SMILES string of the molecule is Cl.NCCc1ccc(OCCC(=O)O)cc1. The van der Waals surface area contributed by atoms with Crippen LogP contribution in [0, 0.1) is 0 Å². The van der Waals surface area contributed by atoms with Crippen LogP contribution in [-0.2, 0) is 11.2 Å². The van der Waals surface area contributed by atoms with Gasteiger partial charge in [0.15, 0.2) is 0 Å². The van der Waals surface area contributed by atoms with E-state index in [9.17, 15) is 4.79 Å². The highest BCUT2D eigenvalue weighted by Gasteiger charge is 1.98. The number of halogens is 1. The van der Waals surface area contributed by atoms with Crippen LogP contribution in [0.1, 0.15) is 12.0 Å². The minimum atomic E-state index is -0.852. The molecule has 1 aromatic carbocycles. The topological polar surface area (TPSA) is 72.5 Å². The summed E-state index contributed by atoms with van der Waals surface area (Å²) in [6.45, 7) is 0.824. The molecule has 1 aromatic rings. The monoisotopic (exact) mass is 245 g/mol. The molecule has 4 nitrogen and oxygen atoms in total. The van der Waals surface area contributed by atoms with Crippen LogP contribution in [0.25, 0.3) is 0 Å². The minimum absolute atomic E-state index is 0. The molecule has 0 saturated carbocycles. The van der Waals surface area contributed by atoms with Crippen molar-refractivity contribution >= 4 is 18.4 Å². The molecule has 0 unspecified atom stereocenters. The first kappa shape index (κ1) is 14.7. The van der Waals surface area contributed by atoms with Gasteiger partial charge in [0.25, 0.3) is 0 Å². The summed E-state index contributed by atoms with van der Waals surface area (Å²) in [5.74, 6) is -0.160. The Balaban J connectivity index is 0.00000225. The standard InChI is InChI=1S/C11H15NO3.ClH/c12-7-5-9-1-3-10(4-2-9)15-8-6-11(13)14;/h1-4H,5-8,12H2,(H,13,14);1H. The molecule has 3 N–H and O–H groups in total. The van der Waals surface area contributed by atoms with Gasteiger partial charge in [-0.05, 0) is 30.7 Å². The lowest BCUT2D eigenvalue weighted by atomic mass is 10.1. The summed E-state index contributed by atoms with van der Waals surface area (Å²) >= 11 is 0. The average molecular weight is 246 g/mol. The maximum Gasteiger partial charge on any atom is 0.306 e. The van der Waals surface area contributed by atoms with E-state index >= 15 is 0 Å². The Morgan fingerprint density at radius 1 is 1.31 bits per heavy atom. The first-order chi connectivity index (χ1) is 7.22. The summed E-state index contributed by atoms with van der Waals surface area (Å²) in [5, 5.41) is 8.41. The number of carboxylic acid groups (broad SMARTS) is 1. The third kappa shape index (κ3) is 5.58. The van der Waals surface area contributed by atoms with Crippen LogP contribution >= 0.6 is 12.4 Å². The highest BCUT2D eigenvalue weighted by molar-refractivity contribution is 5.85. The van der Waals surface area contributed by atoms with Crippen molar-refractivity contribution in [3.05, 3.63) is 29.8 Å². The van der Waals surface area contributed by atoms with Crippen LogP contribution in [0.15, 0.2) is 24.3 Å². The Morgan fingerprint density at radius 3 is 2.44 bits per heavy atom. The smallest absolute Gasteiger partial charge is 0.306 e. The number of nitrogens with two attached hydrogens (primary N) is 1. The molecule has 0 amide bonds. The lowest BCUT2D eigenvalue weighted by Gasteiger charge is -2.05. The van der Waals surface area contributed by atoms with E-state index in [1.54, 1.807) is 0 Å². The first-order valence-electron chi connectivity index (χ1n) is 4.86. The third-order valence-electron chi connectivity index (χ3n) is 1.94. The van der Waals surface area contributed by atoms with Crippen molar-refractivity contribution in [3.63, 3.8) is 0 Å². The summed E-state index contributed by atoms with van der Waals surface area (Å²) in [6, 6.07) is 7.52. The van der Waals surface area contributed by atoms with E-state index in [4.69, 9.17) is 15.6 Å². The normalized spacial score (nSPS) is 9.31. The van der Waals surface area contributed by atoms with Crippen molar-refractivity contribution in [1.82, 2.24) is 0 Å². The summed E-state index contributed by atoms with van der Waals surface area (Å²) in [4.78, 5) is 10.2. The molecule has 0 aromatic heterocycles. The van der Waals surface area contributed by atoms with E-state index in [0.29, 0.717) is 12.3 Å². The average Bonchev–Trinajstić information content (AvgIpc) is 2.20. The second-order valence-corrected chi connectivity index (χ2v) is 3.17. The maximum absolute atomic E-state index is 10.2. The Bertz CT molecular complexity index is 314. The predicted molar refractivity (Wildman–Crippen MR) is 64.2 cm³/mol. The first-order valence-corrected chi connectivity index (χ1v) is 4.86. The van der Waals surface area contributed by atoms with E-state index in [0.717, 1.165) is 12.0 Å². The fourth-order valence-electron chi connectivity index (χ4n) is 1.18. The number of hydrogen-bond donors (Lipinski definition) is 2. The van der Waals surface area contributed by atoms with Gasteiger partial charge in [-0.3, -0.25) is 4.79 Å². The van der Waals surface area contributed by atoms with E-state index in [1.807, 2.05) is 24.3 Å². The molecular formula is C11H16ClNO3. The second kappa shape index (κ2) is 7.96. The molecule has 0 heterocycles. The van der Waals surface area contributed by atoms with Crippen LogP contribution in [0.4, 0.5) is 0 Å². The van der Waals surface area contributed by atoms with E-state index in [-0.39, 0.29) is 25.4 Å². The van der Waals surface area contributed by atoms with Crippen molar-refractivity contribution in [2.45, 2.75) is 12.8 Å². The van der Waals surface area contributed by atoms with Gasteiger partial charge in [0.2, 0.25) is 0 Å². The van der Waals surface area contributed by atoms with Crippen LogP contribution in [-0.4, -0.2) is 24.2 Å². The second-order valence-electron chi connectivity index (χ2n) is 3.17. The molecule has 90 valence electrons. The number of carbonyl (C=O) groups is 1. The molecule has 5 heteroatoms. The Morgan fingerprint density at radius 2 is 1.94 bits per heavy atom. The Hall–Kier alpha value is -1.26. The minimum Gasteiger partial charge on any atom is -0.493 e. The van der Waals surface area contributed by atoms with Gasteiger partial charge in [0, 0.05) is 0 Å². The third-order valence-corrected chi connectivity index (χ3v) is 1.94. The largest absolute Gasteiger partial charge is 0.493 e. The molecule has 1 rings (SSSR count). The zero-order valence-corrected chi connectivity index (χ0v) is 9.70. The van der Waals surface area contributed by atoms with Crippen LogP contribution in [0.5, 0.6) is 5.75 Å². The van der Waals surface area contributed by atoms with Gasteiger partial charge in [-0.25, -0.2) is 0 Å². The van der Waals surface area contributed by atoms with Crippen molar-refractivity contribution < 1.29 is 14.6 Å². The molecule has 0 aliphatic heterocycles. The van der Waals surface area contributed by atoms with Crippen molar-refractivity contribution in [2.24, 2.45) is 5.73 Å². The van der Waals surface area contributed by atoms with Crippen molar-refractivity contribution in [3.8, 4) is 5.75 Å². The fraction of sp³-hybridized carbons (Fsp3) is 0.364. The lowest BCUT2D eigenvalue weighted by Crippen LogP contribution is -2.05. The quantitative estimate of drug-likeness (QED) is 0.796. The van der Waals surface area contributed by atoms with Crippen molar-refractivity contribution in [1.29, 1.82) is 0 Å². The summed E-state index contributed by atoms with van der Waals surface area (Å²) in [6.07, 6.45) is 0.861. The van der Waals surface area contributed by atoms with Crippen LogP contribution < -0.4 is 10.5 Å². The Kier molecular flexibility index (Phi) is 7.33. The van der Waals surface area contributed by atoms with Gasteiger partial charge >= 0.3 is 5.97 Å². The van der Waals surface area contributed by atoms with Gasteiger partial charge in [0.1, 0.15) is 5.75 Å². The zero-order valence-electron chi connectivity index (χ0n) is 8.89. The maximum atomic E-state index is 10.2. The number of rotatable bonds is 6.